The maximum Gasteiger partial charge on any atom is 0.317 e. The average molecular weight is 331 g/mol. The molecule has 5 nitrogen and oxygen atoms in total. The third-order valence-electron chi connectivity index (χ3n) is 4.59. The predicted octanol–water partition coefficient (Wildman–Crippen LogP) is 2.50. The molecule has 1 aliphatic heterocycles. The summed E-state index contributed by atoms with van der Waals surface area (Å²) >= 11 is 0. The SMILES string of the molecule is CCCNC(=O)N1CCCN(C(=O)Cc2ccc(C)c(C)c2)CC1. The summed E-state index contributed by atoms with van der Waals surface area (Å²) in [5.74, 6) is 0.147. The van der Waals surface area contributed by atoms with Crippen molar-refractivity contribution in [2.24, 2.45) is 0 Å². The smallest absolute Gasteiger partial charge is 0.317 e. The molecule has 0 saturated carbocycles. The predicted molar refractivity (Wildman–Crippen MR) is 96.1 cm³/mol. The van der Waals surface area contributed by atoms with Crippen molar-refractivity contribution in [1.82, 2.24) is 15.1 Å². The molecule has 24 heavy (non-hydrogen) atoms. The minimum Gasteiger partial charge on any atom is -0.341 e. The number of carbonyl (C=O) groups is 2. The second-order valence-corrected chi connectivity index (χ2v) is 6.55. The van der Waals surface area contributed by atoms with Crippen molar-refractivity contribution in [2.75, 3.05) is 32.7 Å². The topological polar surface area (TPSA) is 52.7 Å². The molecule has 3 amide bonds. The molecule has 0 bridgehead atoms. The third kappa shape index (κ3) is 4.98. The Labute approximate surface area is 145 Å². The van der Waals surface area contributed by atoms with E-state index in [0.717, 1.165) is 24.9 Å². The highest BCUT2D eigenvalue weighted by atomic mass is 16.2. The molecule has 2 rings (SSSR count). The molecule has 1 aromatic carbocycles. The Hall–Kier alpha value is -2.04. The van der Waals surface area contributed by atoms with Crippen LogP contribution in [0.3, 0.4) is 0 Å². The van der Waals surface area contributed by atoms with E-state index < -0.39 is 0 Å². The number of hydrogen-bond donors (Lipinski definition) is 1. The molecule has 0 radical (unpaired) electrons. The molecule has 0 unspecified atom stereocenters. The van der Waals surface area contributed by atoms with Crippen molar-refractivity contribution in [3.05, 3.63) is 34.9 Å². The Kier molecular flexibility index (Phi) is 6.64. The Balaban J connectivity index is 1.89. The lowest BCUT2D eigenvalue weighted by atomic mass is 10.0. The quantitative estimate of drug-likeness (QED) is 0.921. The Morgan fingerprint density at radius 2 is 1.75 bits per heavy atom. The molecule has 1 aromatic rings. The van der Waals surface area contributed by atoms with Gasteiger partial charge in [-0.1, -0.05) is 25.1 Å². The number of carbonyl (C=O) groups excluding carboxylic acids is 2. The first kappa shape index (κ1) is 18.3. The number of urea groups is 1. The van der Waals surface area contributed by atoms with Gasteiger partial charge in [-0.25, -0.2) is 4.79 Å². The van der Waals surface area contributed by atoms with Gasteiger partial charge < -0.3 is 15.1 Å². The zero-order chi connectivity index (χ0) is 17.5. The summed E-state index contributed by atoms with van der Waals surface area (Å²) in [6.45, 7) is 9.54. The maximum absolute atomic E-state index is 12.6. The molecule has 1 fully saturated rings. The fourth-order valence-electron chi connectivity index (χ4n) is 2.91. The van der Waals surface area contributed by atoms with Crippen LogP contribution >= 0.6 is 0 Å². The van der Waals surface area contributed by atoms with E-state index in [1.54, 1.807) is 0 Å². The van der Waals surface area contributed by atoms with Crippen molar-refractivity contribution < 1.29 is 9.59 Å². The maximum atomic E-state index is 12.6. The van der Waals surface area contributed by atoms with Gasteiger partial charge in [0, 0.05) is 32.7 Å². The largest absolute Gasteiger partial charge is 0.341 e. The Bertz CT molecular complexity index is 586. The van der Waals surface area contributed by atoms with Crippen LogP contribution < -0.4 is 5.32 Å². The highest BCUT2D eigenvalue weighted by Crippen LogP contribution is 2.12. The minimum absolute atomic E-state index is 0.0136. The molecule has 132 valence electrons. The van der Waals surface area contributed by atoms with Crippen LogP contribution in [0.2, 0.25) is 0 Å². The monoisotopic (exact) mass is 331 g/mol. The minimum atomic E-state index is -0.0136. The van der Waals surface area contributed by atoms with E-state index in [0.29, 0.717) is 32.6 Å². The molecule has 1 aliphatic rings. The molecule has 0 aromatic heterocycles. The fraction of sp³-hybridized carbons (Fsp3) is 0.579. The van der Waals surface area contributed by atoms with Gasteiger partial charge in [-0.3, -0.25) is 4.79 Å². The molecular weight excluding hydrogens is 302 g/mol. The lowest BCUT2D eigenvalue weighted by Gasteiger charge is -2.22. The number of amides is 3. The Morgan fingerprint density at radius 3 is 2.46 bits per heavy atom. The number of aryl methyl sites for hydroxylation is 2. The van der Waals surface area contributed by atoms with Crippen molar-refractivity contribution in [3.8, 4) is 0 Å². The lowest BCUT2D eigenvalue weighted by molar-refractivity contribution is -0.130. The van der Waals surface area contributed by atoms with Gasteiger partial charge in [0.2, 0.25) is 5.91 Å². The third-order valence-corrected chi connectivity index (χ3v) is 4.59. The molecule has 5 heteroatoms. The summed E-state index contributed by atoms with van der Waals surface area (Å²) in [5, 5.41) is 2.91. The van der Waals surface area contributed by atoms with Crippen molar-refractivity contribution >= 4 is 11.9 Å². The summed E-state index contributed by atoms with van der Waals surface area (Å²) in [6, 6.07) is 6.18. The molecule has 1 saturated heterocycles. The summed E-state index contributed by atoms with van der Waals surface area (Å²) < 4.78 is 0. The zero-order valence-corrected chi connectivity index (χ0v) is 15.1. The number of rotatable bonds is 4. The van der Waals surface area contributed by atoms with E-state index in [1.165, 1.54) is 11.1 Å². The van der Waals surface area contributed by atoms with E-state index >= 15 is 0 Å². The van der Waals surface area contributed by atoms with Crippen LogP contribution in [0.1, 0.15) is 36.5 Å². The molecule has 1 N–H and O–H groups in total. The van der Waals surface area contributed by atoms with Crippen LogP contribution in [0.5, 0.6) is 0 Å². The molecule has 1 heterocycles. The van der Waals surface area contributed by atoms with Gasteiger partial charge in [0.1, 0.15) is 0 Å². The first-order valence-corrected chi connectivity index (χ1v) is 8.88. The van der Waals surface area contributed by atoms with Crippen LogP contribution in [-0.2, 0) is 11.2 Å². The number of benzene rings is 1. The van der Waals surface area contributed by atoms with Crippen molar-refractivity contribution in [1.29, 1.82) is 0 Å². The summed E-state index contributed by atoms with van der Waals surface area (Å²) in [7, 11) is 0. The standard InChI is InChI=1S/C19H29N3O2/c1-4-8-20-19(24)22-10-5-9-21(11-12-22)18(23)14-17-7-6-15(2)16(3)13-17/h6-7,13H,4-5,8-12,14H2,1-3H3,(H,20,24). The second-order valence-electron chi connectivity index (χ2n) is 6.55. The summed E-state index contributed by atoms with van der Waals surface area (Å²) in [4.78, 5) is 28.3. The van der Waals surface area contributed by atoms with Crippen LogP contribution in [0.4, 0.5) is 4.79 Å². The second kappa shape index (κ2) is 8.71. The molecule has 0 aliphatic carbocycles. The van der Waals surface area contributed by atoms with E-state index in [4.69, 9.17) is 0 Å². The molecular formula is C19H29N3O2. The number of hydrogen-bond acceptors (Lipinski definition) is 2. The molecule has 0 spiro atoms. The van der Waals surface area contributed by atoms with Crippen molar-refractivity contribution in [2.45, 2.75) is 40.0 Å². The van der Waals surface area contributed by atoms with E-state index in [9.17, 15) is 9.59 Å². The van der Waals surface area contributed by atoms with Gasteiger partial charge in [-0.15, -0.1) is 0 Å². The van der Waals surface area contributed by atoms with Crippen LogP contribution in [0, 0.1) is 13.8 Å². The normalized spacial score (nSPS) is 15.1. The fourth-order valence-corrected chi connectivity index (χ4v) is 2.91. The highest BCUT2D eigenvalue weighted by molar-refractivity contribution is 5.79. The van der Waals surface area contributed by atoms with Gasteiger partial charge in [-0.2, -0.15) is 0 Å². The van der Waals surface area contributed by atoms with Gasteiger partial charge in [0.25, 0.3) is 0 Å². The number of nitrogens with zero attached hydrogens (tertiary/aromatic N) is 2. The lowest BCUT2D eigenvalue weighted by Crippen LogP contribution is -2.43. The van der Waals surface area contributed by atoms with Crippen LogP contribution in [-0.4, -0.2) is 54.5 Å². The van der Waals surface area contributed by atoms with Gasteiger partial charge >= 0.3 is 6.03 Å². The van der Waals surface area contributed by atoms with Gasteiger partial charge in [0.05, 0.1) is 6.42 Å². The van der Waals surface area contributed by atoms with Crippen molar-refractivity contribution in [3.63, 3.8) is 0 Å². The van der Waals surface area contributed by atoms with Crippen LogP contribution in [0.25, 0.3) is 0 Å². The first-order chi connectivity index (χ1) is 11.5. The van der Waals surface area contributed by atoms with Gasteiger partial charge in [0.15, 0.2) is 0 Å². The van der Waals surface area contributed by atoms with E-state index in [2.05, 4.69) is 31.3 Å². The first-order valence-electron chi connectivity index (χ1n) is 8.88. The van der Waals surface area contributed by atoms with E-state index in [-0.39, 0.29) is 11.9 Å². The Morgan fingerprint density at radius 1 is 1.04 bits per heavy atom. The summed E-state index contributed by atoms with van der Waals surface area (Å²) in [6.07, 6.45) is 2.20. The van der Waals surface area contributed by atoms with Crippen LogP contribution in [0.15, 0.2) is 18.2 Å². The molecule has 0 atom stereocenters. The van der Waals surface area contributed by atoms with Gasteiger partial charge in [-0.05, 0) is 43.4 Å². The van der Waals surface area contributed by atoms with E-state index in [1.807, 2.05) is 22.8 Å². The average Bonchev–Trinajstić information content (AvgIpc) is 2.82. The summed E-state index contributed by atoms with van der Waals surface area (Å²) in [5.41, 5.74) is 3.52. The zero-order valence-electron chi connectivity index (χ0n) is 15.1. The number of nitrogens with one attached hydrogen (secondary N) is 1. The highest BCUT2D eigenvalue weighted by Gasteiger charge is 2.21.